The molecule has 0 aliphatic carbocycles. The molecule has 0 radical (unpaired) electrons. The number of halogens is 1. The molecule has 0 saturated carbocycles. The summed E-state index contributed by atoms with van der Waals surface area (Å²) in [5.74, 6) is 0.382. The largest absolute Gasteiger partial charge is 0.258 e. The average molecular weight is 225 g/mol. The average Bonchev–Trinajstić information content (AvgIpc) is 2.03. The summed E-state index contributed by atoms with van der Waals surface area (Å²) in [5, 5.41) is 8.58. The van der Waals surface area contributed by atoms with Crippen LogP contribution in [0.15, 0.2) is 16.7 Å². The maximum Gasteiger partial charge on any atom is 0.101 e. The second-order valence-electron chi connectivity index (χ2n) is 2.86. The Bertz CT molecular complexity index is 326. The van der Waals surface area contributed by atoms with Crippen molar-refractivity contribution in [2.45, 2.75) is 19.8 Å². The molecule has 1 aromatic heterocycles. The number of aromatic nitrogens is 1. The highest BCUT2D eigenvalue weighted by atomic mass is 79.9. The molecule has 3 heteroatoms. The number of hydrogen-bond acceptors (Lipinski definition) is 2. The van der Waals surface area contributed by atoms with Crippen LogP contribution in [-0.2, 0) is 0 Å². The van der Waals surface area contributed by atoms with Gasteiger partial charge < -0.3 is 0 Å². The summed E-state index contributed by atoms with van der Waals surface area (Å²) in [6.45, 7) is 4.14. The predicted octanol–water partition coefficient (Wildman–Crippen LogP) is 2.84. The van der Waals surface area contributed by atoms with Gasteiger partial charge in [0.05, 0.1) is 11.3 Å². The van der Waals surface area contributed by atoms with E-state index in [-0.39, 0.29) is 0 Å². The molecular formula is C9H9BrN2. The monoisotopic (exact) mass is 224 g/mol. The van der Waals surface area contributed by atoms with E-state index in [2.05, 4.69) is 34.8 Å². The summed E-state index contributed by atoms with van der Waals surface area (Å²) >= 11 is 3.37. The van der Waals surface area contributed by atoms with Crippen molar-refractivity contribution in [3.05, 3.63) is 28.0 Å². The van der Waals surface area contributed by atoms with Crippen LogP contribution in [0.1, 0.15) is 31.0 Å². The summed E-state index contributed by atoms with van der Waals surface area (Å²) in [6.07, 6.45) is 1.60. The molecule has 0 aliphatic heterocycles. The highest BCUT2D eigenvalue weighted by Crippen LogP contribution is 2.22. The van der Waals surface area contributed by atoms with E-state index in [1.165, 1.54) is 0 Å². The van der Waals surface area contributed by atoms with E-state index in [1.54, 1.807) is 12.3 Å². The predicted molar refractivity (Wildman–Crippen MR) is 50.7 cm³/mol. The highest BCUT2D eigenvalue weighted by molar-refractivity contribution is 9.10. The third kappa shape index (κ3) is 1.83. The maximum absolute atomic E-state index is 8.58. The van der Waals surface area contributed by atoms with Crippen molar-refractivity contribution in [2.75, 3.05) is 0 Å². The molecule has 1 aromatic rings. The molecule has 0 saturated heterocycles. The quantitative estimate of drug-likeness (QED) is 0.736. The molecule has 0 spiro atoms. The van der Waals surface area contributed by atoms with Crippen molar-refractivity contribution in [3.63, 3.8) is 0 Å². The van der Waals surface area contributed by atoms with Crippen LogP contribution in [-0.4, -0.2) is 4.98 Å². The molecule has 0 unspecified atom stereocenters. The van der Waals surface area contributed by atoms with Crippen LogP contribution < -0.4 is 0 Å². The zero-order valence-corrected chi connectivity index (χ0v) is 8.59. The zero-order chi connectivity index (χ0) is 9.14. The Balaban J connectivity index is 3.14. The molecule has 2 nitrogen and oxygen atoms in total. The van der Waals surface area contributed by atoms with Gasteiger partial charge >= 0.3 is 0 Å². The molecule has 62 valence electrons. The Morgan fingerprint density at radius 3 is 2.67 bits per heavy atom. The van der Waals surface area contributed by atoms with Gasteiger partial charge in [-0.2, -0.15) is 5.26 Å². The third-order valence-corrected chi connectivity index (χ3v) is 2.18. The van der Waals surface area contributed by atoms with Gasteiger partial charge in [0.2, 0.25) is 0 Å². The molecule has 0 fully saturated rings. The fourth-order valence-corrected chi connectivity index (χ4v) is 1.74. The van der Waals surface area contributed by atoms with Crippen molar-refractivity contribution < 1.29 is 0 Å². The van der Waals surface area contributed by atoms with E-state index in [9.17, 15) is 0 Å². The lowest BCUT2D eigenvalue weighted by molar-refractivity contribution is 0.815. The number of hydrogen-bond donors (Lipinski definition) is 0. The van der Waals surface area contributed by atoms with E-state index in [4.69, 9.17) is 5.26 Å². The van der Waals surface area contributed by atoms with E-state index in [0.717, 1.165) is 10.2 Å². The van der Waals surface area contributed by atoms with Crippen LogP contribution >= 0.6 is 15.9 Å². The van der Waals surface area contributed by atoms with Gasteiger partial charge in [0, 0.05) is 10.7 Å². The molecule has 0 aromatic carbocycles. The summed E-state index contributed by atoms with van der Waals surface area (Å²) in [5.41, 5.74) is 1.58. The van der Waals surface area contributed by atoms with Crippen LogP contribution in [0.3, 0.4) is 0 Å². The Labute approximate surface area is 80.4 Å². The minimum atomic E-state index is 0.382. The maximum atomic E-state index is 8.58. The summed E-state index contributed by atoms with van der Waals surface area (Å²) in [6, 6.07) is 3.84. The lowest BCUT2D eigenvalue weighted by Gasteiger charge is -2.05. The van der Waals surface area contributed by atoms with Gasteiger partial charge in [-0.25, -0.2) is 0 Å². The first kappa shape index (κ1) is 9.21. The smallest absolute Gasteiger partial charge is 0.101 e. The second kappa shape index (κ2) is 3.68. The van der Waals surface area contributed by atoms with Gasteiger partial charge in [-0.3, -0.25) is 4.98 Å². The molecular weight excluding hydrogens is 216 g/mol. The number of nitriles is 1. The summed E-state index contributed by atoms with van der Waals surface area (Å²) in [4.78, 5) is 4.18. The van der Waals surface area contributed by atoms with Crippen molar-refractivity contribution in [2.24, 2.45) is 0 Å². The van der Waals surface area contributed by atoms with E-state index in [0.29, 0.717) is 11.5 Å². The molecule has 12 heavy (non-hydrogen) atoms. The topological polar surface area (TPSA) is 36.7 Å². The first-order valence-corrected chi connectivity index (χ1v) is 4.50. The van der Waals surface area contributed by atoms with Gasteiger partial charge in [-0.15, -0.1) is 0 Å². The molecule has 0 aliphatic rings. The lowest BCUT2D eigenvalue weighted by Crippen LogP contribution is -1.94. The Morgan fingerprint density at radius 1 is 1.58 bits per heavy atom. The van der Waals surface area contributed by atoms with Crippen molar-refractivity contribution in [3.8, 4) is 6.07 Å². The Kier molecular flexibility index (Phi) is 2.83. The van der Waals surface area contributed by atoms with Gasteiger partial charge in [0.15, 0.2) is 0 Å². The summed E-state index contributed by atoms with van der Waals surface area (Å²) in [7, 11) is 0. The fourth-order valence-electron chi connectivity index (χ4n) is 0.934. The van der Waals surface area contributed by atoms with Gasteiger partial charge in [-0.05, 0) is 27.9 Å². The van der Waals surface area contributed by atoms with Crippen LogP contribution in [0.5, 0.6) is 0 Å². The van der Waals surface area contributed by atoms with Crippen LogP contribution in [0.2, 0.25) is 0 Å². The molecule has 1 heterocycles. The van der Waals surface area contributed by atoms with Crippen molar-refractivity contribution in [1.82, 2.24) is 4.98 Å². The Morgan fingerprint density at radius 2 is 2.25 bits per heavy atom. The van der Waals surface area contributed by atoms with Crippen LogP contribution in [0.25, 0.3) is 0 Å². The van der Waals surface area contributed by atoms with Gasteiger partial charge in [0.1, 0.15) is 6.07 Å². The van der Waals surface area contributed by atoms with Crippen molar-refractivity contribution in [1.29, 1.82) is 5.26 Å². The van der Waals surface area contributed by atoms with Crippen LogP contribution in [0, 0.1) is 11.3 Å². The van der Waals surface area contributed by atoms with E-state index < -0.39 is 0 Å². The number of nitrogens with zero attached hydrogens (tertiary/aromatic N) is 2. The fraction of sp³-hybridized carbons (Fsp3) is 0.333. The van der Waals surface area contributed by atoms with Crippen LogP contribution in [0.4, 0.5) is 0 Å². The molecule has 0 atom stereocenters. The molecule has 0 bridgehead atoms. The highest BCUT2D eigenvalue weighted by Gasteiger charge is 2.06. The normalized spacial score (nSPS) is 9.92. The first-order chi connectivity index (χ1) is 5.65. The number of pyridine rings is 1. The number of rotatable bonds is 1. The zero-order valence-electron chi connectivity index (χ0n) is 7.00. The molecule has 0 N–H and O–H groups in total. The molecule has 1 rings (SSSR count). The van der Waals surface area contributed by atoms with Crippen molar-refractivity contribution >= 4 is 15.9 Å². The van der Waals surface area contributed by atoms with Gasteiger partial charge in [-0.1, -0.05) is 13.8 Å². The van der Waals surface area contributed by atoms with E-state index in [1.807, 2.05) is 6.07 Å². The van der Waals surface area contributed by atoms with Gasteiger partial charge in [0.25, 0.3) is 0 Å². The standard InChI is InChI=1S/C9H9BrN2/c1-6(2)9-8(10)3-7(4-11)5-12-9/h3,5-6H,1-2H3. The second-order valence-corrected chi connectivity index (χ2v) is 3.71. The lowest BCUT2D eigenvalue weighted by atomic mass is 10.1. The summed E-state index contributed by atoms with van der Waals surface area (Å²) < 4.78 is 0.913. The third-order valence-electron chi connectivity index (χ3n) is 1.55. The minimum absolute atomic E-state index is 0.382. The Hall–Kier alpha value is -0.880. The van der Waals surface area contributed by atoms with E-state index >= 15 is 0 Å². The minimum Gasteiger partial charge on any atom is -0.258 e. The molecule has 0 amide bonds. The first-order valence-electron chi connectivity index (χ1n) is 3.70. The SMILES string of the molecule is CC(C)c1ncc(C#N)cc1Br.